The molecule has 0 aliphatic heterocycles. The quantitative estimate of drug-likeness (QED) is 0.156. The van der Waals surface area contributed by atoms with Gasteiger partial charge in [-0.15, -0.1) is 0 Å². The lowest BCUT2D eigenvalue weighted by Gasteiger charge is -2.26. The van der Waals surface area contributed by atoms with Crippen LogP contribution in [0.5, 0.6) is 0 Å². The first-order valence-corrected chi connectivity index (χ1v) is 21.3. The van der Waals surface area contributed by atoms with E-state index < -0.39 is 0 Å². The summed E-state index contributed by atoms with van der Waals surface area (Å²) < 4.78 is 2.43. The highest BCUT2D eigenvalue weighted by atomic mass is 15.1. The number of benzene rings is 11. The van der Waals surface area contributed by atoms with Gasteiger partial charge in [0.15, 0.2) is 0 Å². The standard InChI is InChI=1S/C60H40N2/c1-2-10-41(11-3-1)43-20-30-51(31-21-43)61(53-34-26-46(27-35-53)50-19-18-42-12-4-5-15-49(42)40-50)52-32-22-44(23-33-52)45-24-36-54(37-25-45)62-57-38-28-47-13-6-8-16-55(47)59(57)60-56-17-9-7-14-48(56)29-39-58(60)62/h1-40H. The fourth-order valence-electron chi connectivity index (χ4n) is 9.48. The number of hydrogen-bond acceptors (Lipinski definition) is 1. The molecule has 0 aliphatic rings. The summed E-state index contributed by atoms with van der Waals surface area (Å²) in [6.07, 6.45) is 0. The molecule has 2 heteroatoms. The predicted octanol–water partition coefficient (Wildman–Crippen LogP) is 16.7. The highest BCUT2D eigenvalue weighted by Gasteiger charge is 2.18. The number of rotatable bonds is 7. The molecule has 0 saturated carbocycles. The van der Waals surface area contributed by atoms with Crippen LogP contribution in [0.15, 0.2) is 243 Å². The topological polar surface area (TPSA) is 8.17 Å². The van der Waals surface area contributed by atoms with Gasteiger partial charge in [0.2, 0.25) is 0 Å². The summed E-state index contributed by atoms with van der Waals surface area (Å²) in [7, 11) is 0. The summed E-state index contributed by atoms with van der Waals surface area (Å²) in [5.74, 6) is 0. The van der Waals surface area contributed by atoms with Gasteiger partial charge in [-0.05, 0) is 132 Å². The molecule has 12 aromatic rings. The van der Waals surface area contributed by atoms with Crippen LogP contribution in [0.1, 0.15) is 0 Å². The van der Waals surface area contributed by atoms with Gasteiger partial charge in [0.1, 0.15) is 0 Å². The van der Waals surface area contributed by atoms with Crippen LogP contribution in [0.2, 0.25) is 0 Å². The zero-order valence-corrected chi connectivity index (χ0v) is 34.0. The lowest BCUT2D eigenvalue weighted by atomic mass is 10.00. The van der Waals surface area contributed by atoms with Crippen molar-refractivity contribution in [3.05, 3.63) is 243 Å². The molecule has 0 saturated heterocycles. The van der Waals surface area contributed by atoms with Gasteiger partial charge in [0.25, 0.3) is 0 Å². The van der Waals surface area contributed by atoms with E-state index in [9.17, 15) is 0 Å². The number of anilines is 3. The van der Waals surface area contributed by atoms with Gasteiger partial charge < -0.3 is 9.47 Å². The molecule has 12 rings (SSSR count). The summed E-state index contributed by atoms with van der Waals surface area (Å²) in [4.78, 5) is 2.35. The van der Waals surface area contributed by atoms with E-state index >= 15 is 0 Å². The third kappa shape index (κ3) is 6.12. The van der Waals surface area contributed by atoms with E-state index in [1.165, 1.54) is 87.5 Å². The van der Waals surface area contributed by atoms with Crippen molar-refractivity contribution in [3.8, 4) is 39.1 Å². The average Bonchev–Trinajstić information content (AvgIpc) is 3.70. The molecule has 0 atom stereocenters. The Balaban J connectivity index is 0.906. The molecule has 0 fully saturated rings. The van der Waals surface area contributed by atoms with Crippen molar-refractivity contribution in [1.82, 2.24) is 4.57 Å². The third-order valence-electron chi connectivity index (χ3n) is 12.6. The van der Waals surface area contributed by atoms with Gasteiger partial charge in [-0.2, -0.15) is 0 Å². The van der Waals surface area contributed by atoms with Gasteiger partial charge >= 0.3 is 0 Å². The molecule has 0 amide bonds. The molecule has 62 heavy (non-hydrogen) atoms. The van der Waals surface area contributed by atoms with Gasteiger partial charge in [-0.3, -0.25) is 0 Å². The van der Waals surface area contributed by atoms with E-state index in [2.05, 4.69) is 252 Å². The Kier molecular flexibility index (Phi) is 8.53. The SMILES string of the molecule is c1ccc(-c2ccc(N(c3ccc(-c4ccc(-n5c6ccc7ccccc7c6c6c7ccccc7ccc65)cc4)cc3)c3ccc(-c4ccc5ccccc5c4)cc3)cc2)cc1. The van der Waals surface area contributed by atoms with Gasteiger partial charge in [-0.25, -0.2) is 0 Å². The summed E-state index contributed by atoms with van der Waals surface area (Å²) in [6.45, 7) is 0. The fraction of sp³-hybridized carbons (Fsp3) is 0. The van der Waals surface area contributed by atoms with Crippen LogP contribution in [0, 0.1) is 0 Å². The maximum Gasteiger partial charge on any atom is 0.0547 e. The van der Waals surface area contributed by atoms with E-state index in [-0.39, 0.29) is 0 Å². The molecule has 0 aliphatic carbocycles. The summed E-state index contributed by atoms with van der Waals surface area (Å²) in [5, 5.41) is 10.2. The summed E-state index contributed by atoms with van der Waals surface area (Å²) >= 11 is 0. The van der Waals surface area contributed by atoms with E-state index in [1.807, 2.05) is 0 Å². The Morgan fingerprint density at radius 2 is 0.629 bits per heavy atom. The van der Waals surface area contributed by atoms with E-state index in [0.717, 1.165) is 22.7 Å². The second-order valence-corrected chi connectivity index (χ2v) is 16.1. The lowest BCUT2D eigenvalue weighted by Crippen LogP contribution is -2.09. The van der Waals surface area contributed by atoms with Crippen molar-refractivity contribution in [2.24, 2.45) is 0 Å². The second-order valence-electron chi connectivity index (χ2n) is 16.1. The molecule has 0 bridgehead atoms. The first kappa shape index (κ1) is 35.7. The van der Waals surface area contributed by atoms with Gasteiger partial charge in [0, 0.05) is 33.5 Å². The zero-order valence-electron chi connectivity index (χ0n) is 34.0. The smallest absolute Gasteiger partial charge is 0.0547 e. The van der Waals surface area contributed by atoms with Gasteiger partial charge in [0.05, 0.1) is 11.0 Å². The largest absolute Gasteiger partial charge is 0.311 e. The van der Waals surface area contributed by atoms with E-state index in [4.69, 9.17) is 0 Å². The number of nitrogens with zero attached hydrogens (tertiary/aromatic N) is 2. The number of hydrogen-bond donors (Lipinski definition) is 0. The maximum absolute atomic E-state index is 2.43. The Bertz CT molecular complexity index is 3490. The van der Waals surface area contributed by atoms with Crippen LogP contribution < -0.4 is 4.90 Å². The first-order valence-electron chi connectivity index (χ1n) is 21.3. The normalized spacial score (nSPS) is 11.5. The molecule has 1 heterocycles. The van der Waals surface area contributed by atoms with Crippen LogP contribution in [0.25, 0.3) is 93.2 Å². The van der Waals surface area contributed by atoms with Crippen LogP contribution in [-0.4, -0.2) is 4.57 Å². The fourth-order valence-corrected chi connectivity index (χ4v) is 9.48. The van der Waals surface area contributed by atoms with Crippen LogP contribution in [-0.2, 0) is 0 Å². The monoisotopic (exact) mass is 788 g/mol. The molecule has 2 nitrogen and oxygen atoms in total. The Morgan fingerprint density at radius 1 is 0.258 bits per heavy atom. The molecule has 290 valence electrons. The van der Waals surface area contributed by atoms with E-state index in [0.29, 0.717) is 0 Å². The van der Waals surface area contributed by atoms with Crippen LogP contribution >= 0.6 is 0 Å². The van der Waals surface area contributed by atoms with Crippen LogP contribution in [0.4, 0.5) is 17.1 Å². The highest BCUT2D eigenvalue weighted by Crippen LogP contribution is 2.42. The molecule has 0 N–H and O–H groups in total. The minimum atomic E-state index is 1.10. The van der Waals surface area contributed by atoms with Crippen molar-refractivity contribution in [2.75, 3.05) is 4.90 Å². The zero-order chi connectivity index (χ0) is 41.0. The minimum absolute atomic E-state index is 1.10. The number of fused-ring (bicyclic) bond motifs is 8. The molecule has 0 unspecified atom stereocenters. The van der Waals surface area contributed by atoms with Crippen molar-refractivity contribution in [1.29, 1.82) is 0 Å². The van der Waals surface area contributed by atoms with Crippen LogP contribution in [0.3, 0.4) is 0 Å². The second kappa shape index (κ2) is 14.8. The lowest BCUT2D eigenvalue weighted by molar-refractivity contribution is 1.18. The predicted molar refractivity (Wildman–Crippen MR) is 264 cm³/mol. The number of aromatic nitrogens is 1. The minimum Gasteiger partial charge on any atom is -0.311 e. The molecule has 1 aromatic heterocycles. The Labute approximate surface area is 360 Å². The summed E-state index contributed by atoms with van der Waals surface area (Å²) in [6, 6.07) is 88.3. The van der Waals surface area contributed by atoms with Gasteiger partial charge in [-0.1, -0.05) is 176 Å². The summed E-state index contributed by atoms with van der Waals surface area (Å²) in [5.41, 5.74) is 14.0. The van der Waals surface area contributed by atoms with Crippen molar-refractivity contribution >= 4 is 71.2 Å². The molecular formula is C60H40N2. The Morgan fingerprint density at radius 3 is 1.15 bits per heavy atom. The molecular weight excluding hydrogens is 749 g/mol. The highest BCUT2D eigenvalue weighted by molar-refractivity contribution is 6.28. The van der Waals surface area contributed by atoms with Crippen molar-refractivity contribution < 1.29 is 0 Å². The van der Waals surface area contributed by atoms with Crippen molar-refractivity contribution in [2.45, 2.75) is 0 Å². The average molecular weight is 789 g/mol. The first-order chi connectivity index (χ1) is 30.7. The molecule has 0 radical (unpaired) electrons. The van der Waals surface area contributed by atoms with E-state index in [1.54, 1.807) is 0 Å². The Hall–Kier alpha value is -8.20. The van der Waals surface area contributed by atoms with Crippen molar-refractivity contribution in [3.63, 3.8) is 0 Å². The molecule has 0 spiro atoms. The molecule has 11 aromatic carbocycles. The third-order valence-corrected chi connectivity index (χ3v) is 12.6. The maximum atomic E-state index is 2.43.